The van der Waals surface area contributed by atoms with Gasteiger partial charge in [0.15, 0.2) is 0 Å². The van der Waals surface area contributed by atoms with Crippen molar-refractivity contribution in [3.8, 4) is 17.3 Å². The number of nitrogens with zero attached hydrogens (tertiary/aromatic N) is 3. The molecule has 2 aromatic heterocycles. The van der Waals surface area contributed by atoms with Gasteiger partial charge in [0.2, 0.25) is 0 Å². The van der Waals surface area contributed by atoms with Crippen molar-refractivity contribution in [1.82, 2.24) is 15.1 Å². The maximum absolute atomic E-state index is 13.0. The van der Waals surface area contributed by atoms with Gasteiger partial charge in [-0.25, -0.2) is 0 Å². The smallest absolute Gasteiger partial charge is 0.316 e. The molecule has 0 fully saturated rings. The quantitative estimate of drug-likeness (QED) is 0.700. The largest absolute Gasteiger partial charge is 0.464 e. The molecule has 7 nitrogen and oxygen atoms in total. The van der Waals surface area contributed by atoms with E-state index in [1.54, 1.807) is 32.9 Å². The topological polar surface area (TPSA) is 90.1 Å². The normalized spacial score (nSPS) is 10.7. The average molecular weight is 387 g/mol. The summed E-state index contributed by atoms with van der Waals surface area (Å²) in [6.07, 6.45) is 0. The molecule has 0 saturated heterocycles. The highest BCUT2D eigenvalue weighted by Crippen LogP contribution is 2.32. The summed E-state index contributed by atoms with van der Waals surface area (Å²) in [5.41, 5.74) is 3.06. The van der Waals surface area contributed by atoms with Crippen molar-refractivity contribution in [2.24, 2.45) is 0 Å². The van der Waals surface area contributed by atoms with E-state index < -0.39 is 0 Å². The Morgan fingerprint density at radius 1 is 1.19 bits per heavy atom. The Kier molecular flexibility index (Phi) is 5.41. The number of hydrogen-bond donors (Lipinski definition) is 1. The molecular formula is C19H19ClN4O3. The van der Waals surface area contributed by atoms with Gasteiger partial charge in [-0.3, -0.25) is 4.79 Å². The van der Waals surface area contributed by atoms with Crippen LogP contribution in [-0.2, 0) is 0 Å². The van der Waals surface area contributed by atoms with Gasteiger partial charge >= 0.3 is 6.01 Å². The van der Waals surface area contributed by atoms with Crippen LogP contribution in [0, 0.1) is 20.8 Å². The number of rotatable bonds is 5. The molecule has 0 spiro atoms. The van der Waals surface area contributed by atoms with E-state index in [-0.39, 0.29) is 11.9 Å². The number of anilines is 1. The molecule has 8 heteroatoms. The van der Waals surface area contributed by atoms with E-state index in [1.807, 2.05) is 19.1 Å². The van der Waals surface area contributed by atoms with Crippen molar-refractivity contribution >= 4 is 23.2 Å². The third kappa shape index (κ3) is 3.78. The minimum absolute atomic E-state index is 0.281. The summed E-state index contributed by atoms with van der Waals surface area (Å²) in [6.45, 7) is 7.56. The lowest BCUT2D eigenvalue weighted by Gasteiger charge is -2.12. The molecule has 1 N–H and O–H groups in total. The lowest BCUT2D eigenvalue weighted by atomic mass is 10.1. The fourth-order valence-electron chi connectivity index (χ4n) is 2.71. The Hall–Kier alpha value is -2.93. The van der Waals surface area contributed by atoms with Crippen LogP contribution in [0.3, 0.4) is 0 Å². The minimum atomic E-state index is -0.373. The van der Waals surface area contributed by atoms with Crippen molar-refractivity contribution < 1.29 is 14.1 Å². The lowest BCUT2D eigenvalue weighted by Crippen LogP contribution is -2.17. The molecule has 0 atom stereocenters. The summed E-state index contributed by atoms with van der Waals surface area (Å²) in [4.78, 5) is 21.5. The molecule has 1 aromatic carbocycles. The highest BCUT2D eigenvalue weighted by atomic mass is 35.5. The van der Waals surface area contributed by atoms with Crippen LogP contribution in [0.15, 0.2) is 28.8 Å². The van der Waals surface area contributed by atoms with Gasteiger partial charge in [0.1, 0.15) is 17.0 Å². The Labute approximate surface area is 161 Å². The lowest BCUT2D eigenvalue weighted by molar-refractivity contribution is 0.102. The molecule has 2 heterocycles. The number of aromatic nitrogens is 3. The molecule has 140 valence electrons. The first-order chi connectivity index (χ1) is 12.9. The van der Waals surface area contributed by atoms with Crippen LogP contribution in [-0.4, -0.2) is 27.6 Å². The predicted molar refractivity (Wildman–Crippen MR) is 102 cm³/mol. The van der Waals surface area contributed by atoms with Gasteiger partial charge in [0, 0.05) is 5.56 Å². The first-order valence-corrected chi connectivity index (χ1v) is 8.80. The van der Waals surface area contributed by atoms with E-state index in [4.69, 9.17) is 20.9 Å². The predicted octanol–water partition coefficient (Wildman–Crippen LogP) is 4.36. The Bertz CT molecular complexity index is 977. The summed E-state index contributed by atoms with van der Waals surface area (Å²) >= 11 is 6.26. The third-order valence-corrected chi connectivity index (χ3v) is 4.31. The monoisotopic (exact) mass is 386 g/mol. The zero-order chi connectivity index (χ0) is 19.6. The van der Waals surface area contributed by atoms with Crippen LogP contribution in [0.5, 0.6) is 6.01 Å². The number of aryl methyl sites for hydroxylation is 3. The van der Waals surface area contributed by atoms with Crippen molar-refractivity contribution in [2.75, 3.05) is 11.9 Å². The minimum Gasteiger partial charge on any atom is -0.464 e. The highest BCUT2D eigenvalue weighted by molar-refractivity contribution is 6.33. The van der Waals surface area contributed by atoms with E-state index in [0.717, 1.165) is 0 Å². The SMILES string of the molecule is CCOc1nc(C)c(NC(=O)c2c(-c3ccccc3Cl)noc2C)c(C)n1. The molecule has 3 rings (SSSR count). The zero-order valence-corrected chi connectivity index (χ0v) is 16.2. The number of amides is 1. The van der Waals surface area contributed by atoms with Crippen LogP contribution in [0.4, 0.5) is 5.69 Å². The van der Waals surface area contributed by atoms with Gasteiger partial charge in [0.25, 0.3) is 5.91 Å². The fraction of sp³-hybridized carbons (Fsp3) is 0.263. The van der Waals surface area contributed by atoms with E-state index in [0.29, 0.717) is 51.3 Å². The van der Waals surface area contributed by atoms with Crippen LogP contribution in [0.2, 0.25) is 5.02 Å². The highest BCUT2D eigenvalue weighted by Gasteiger charge is 2.24. The van der Waals surface area contributed by atoms with Crippen molar-refractivity contribution in [3.05, 3.63) is 52.0 Å². The van der Waals surface area contributed by atoms with Gasteiger partial charge in [-0.1, -0.05) is 35.0 Å². The molecule has 27 heavy (non-hydrogen) atoms. The van der Waals surface area contributed by atoms with E-state index in [2.05, 4.69) is 20.4 Å². The number of nitrogens with one attached hydrogen (secondary N) is 1. The van der Waals surface area contributed by atoms with Crippen LogP contribution < -0.4 is 10.1 Å². The number of benzene rings is 1. The van der Waals surface area contributed by atoms with Crippen LogP contribution >= 0.6 is 11.6 Å². The molecule has 0 radical (unpaired) electrons. The maximum Gasteiger partial charge on any atom is 0.316 e. The molecule has 0 bridgehead atoms. The van der Waals surface area contributed by atoms with Gasteiger partial charge < -0.3 is 14.6 Å². The third-order valence-electron chi connectivity index (χ3n) is 3.98. The molecule has 0 saturated carbocycles. The standard InChI is InChI=1S/C19H19ClN4O3/c1-5-26-19-21-10(2)16(11(3)22-19)23-18(25)15-12(4)27-24-17(15)13-8-6-7-9-14(13)20/h6-9H,5H2,1-4H3,(H,23,25). The molecule has 0 unspecified atom stereocenters. The summed E-state index contributed by atoms with van der Waals surface area (Å²) in [6, 6.07) is 7.43. The average Bonchev–Trinajstić information content (AvgIpc) is 3.00. The molecule has 0 aliphatic rings. The molecule has 0 aliphatic heterocycles. The second-order valence-electron chi connectivity index (χ2n) is 5.88. The second-order valence-corrected chi connectivity index (χ2v) is 6.29. The van der Waals surface area contributed by atoms with E-state index in [1.165, 1.54) is 0 Å². The first kappa shape index (κ1) is 18.8. The molecule has 1 amide bonds. The number of hydrogen-bond acceptors (Lipinski definition) is 6. The van der Waals surface area contributed by atoms with Gasteiger partial charge in [-0.15, -0.1) is 0 Å². The molecule has 3 aromatic rings. The van der Waals surface area contributed by atoms with Gasteiger partial charge in [-0.05, 0) is 33.8 Å². The Morgan fingerprint density at radius 2 is 1.85 bits per heavy atom. The Morgan fingerprint density at radius 3 is 2.48 bits per heavy atom. The number of halogens is 1. The molecular weight excluding hydrogens is 368 g/mol. The van der Waals surface area contributed by atoms with Crippen molar-refractivity contribution in [3.63, 3.8) is 0 Å². The Balaban J connectivity index is 1.97. The van der Waals surface area contributed by atoms with Crippen molar-refractivity contribution in [1.29, 1.82) is 0 Å². The fourth-order valence-corrected chi connectivity index (χ4v) is 2.94. The second kappa shape index (κ2) is 7.75. The van der Waals surface area contributed by atoms with Gasteiger partial charge in [0.05, 0.1) is 28.7 Å². The summed E-state index contributed by atoms with van der Waals surface area (Å²) in [5, 5.41) is 7.36. The summed E-state index contributed by atoms with van der Waals surface area (Å²) < 4.78 is 10.6. The maximum atomic E-state index is 13.0. The van der Waals surface area contributed by atoms with E-state index >= 15 is 0 Å². The number of carbonyl (C=O) groups excluding carboxylic acids is 1. The van der Waals surface area contributed by atoms with Crippen LogP contribution in [0.25, 0.3) is 11.3 Å². The van der Waals surface area contributed by atoms with Crippen molar-refractivity contribution in [2.45, 2.75) is 27.7 Å². The van der Waals surface area contributed by atoms with Crippen LogP contribution in [0.1, 0.15) is 34.4 Å². The first-order valence-electron chi connectivity index (χ1n) is 8.43. The molecule has 0 aliphatic carbocycles. The summed E-state index contributed by atoms with van der Waals surface area (Å²) in [7, 11) is 0. The van der Waals surface area contributed by atoms with E-state index in [9.17, 15) is 4.79 Å². The summed E-state index contributed by atoms with van der Waals surface area (Å²) in [5.74, 6) is 0.0206. The van der Waals surface area contributed by atoms with Gasteiger partial charge in [-0.2, -0.15) is 9.97 Å². The number of carbonyl (C=O) groups is 1. The number of ether oxygens (including phenoxy) is 1. The zero-order valence-electron chi connectivity index (χ0n) is 15.5.